The van der Waals surface area contributed by atoms with Gasteiger partial charge in [0.2, 0.25) is 0 Å². The second-order valence-electron chi connectivity index (χ2n) is 6.58. The zero-order valence-electron chi connectivity index (χ0n) is 14.2. The van der Waals surface area contributed by atoms with E-state index >= 15 is 0 Å². The molecule has 6 nitrogen and oxygen atoms in total. The topological polar surface area (TPSA) is 68.2 Å². The summed E-state index contributed by atoms with van der Waals surface area (Å²) in [5, 5.41) is 5.22. The molecule has 3 aliphatic rings. The van der Waals surface area contributed by atoms with Gasteiger partial charge in [-0.3, -0.25) is 9.59 Å². The fourth-order valence-electron chi connectivity index (χ4n) is 4.17. The molecule has 1 aromatic rings. The lowest BCUT2D eigenvalue weighted by Gasteiger charge is -2.13. The van der Waals surface area contributed by atoms with Crippen molar-refractivity contribution in [1.29, 1.82) is 0 Å². The summed E-state index contributed by atoms with van der Waals surface area (Å²) in [5.74, 6) is 0.804. The Morgan fingerprint density at radius 3 is 2.44 bits per heavy atom. The highest BCUT2D eigenvalue weighted by Gasteiger charge is 2.59. The molecular formula is C19H20N2O4. The third-order valence-electron chi connectivity index (χ3n) is 5.26. The molecule has 25 heavy (non-hydrogen) atoms. The largest absolute Gasteiger partial charge is 0.493 e. The highest BCUT2D eigenvalue weighted by atomic mass is 16.5. The van der Waals surface area contributed by atoms with Crippen molar-refractivity contribution in [2.24, 2.45) is 28.8 Å². The predicted octanol–water partition coefficient (Wildman–Crippen LogP) is 2.23. The maximum Gasteiger partial charge on any atom is 0.254 e. The molecule has 2 amide bonds. The van der Waals surface area contributed by atoms with E-state index in [1.807, 2.05) is 13.0 Å². The first-order valence-corrected chi connectivity index (χ1v) is 8.55. The Bertz CT molecular complexity index is 756. The number of ether oxygens (including phenoxy) is 2. The molecule has 1 aromatic carbocycles. The highest BCUT2D eigenvalue weighted by molar-refractivity contribution is 6.06. The van der Waals surface area contributed by atoms with Gasteiger partial charge in [-0.2, -0.15) is 10.1 Å². The normalized spacial score (nSPS) is 29.8. The molecule has 1 saturated heterocycles. The number of rotatable bonds is 5. The number of allylic oxidation sites excluding steroid dienone is 2. The van der Waals surface area contributed by atoms with Crippen LogP contribution in [0.2, 0.25) is 0 Å². The van der Waals surface area contributed by atoms with E-state index in [0.29, 0.717) is 18.1 Å². The van der Waals surface area contributed by atoms with Gasteiger partial charge in [0, 0.05) is 0 Å². The van der Waals surface area contributed by atoms with E-state index < -0.39 is 0 Å². The van der Waals surface area contributed by atoms with Crippen LogP contribution in [0.1, 0.15) is 18.9 Å². The van der Waals surface area contributed by atoms with Crippen molar-refractivity contribution in [3.63, 3.8) is 0 Å². The van der Waals surface area contributed by atoms with Gasteiger partial charge in [0.1, 0.15) is 0 Å². The third-order valence-corrected chi connectivity index (χ3v) is 5.26. The van der Waals surface area contributed by atoms with Crippen LogP contribution < -0.4 is 9.47 Å². The molecule has 1 heterocycles. The number of carbonyl (C=O) groups excluding carboxylic acids is 2. The molecule has 4 rings (SSSR count). The van der Waals surface area contributed by atoms with Crippen LogP contribution in [0.25, 0.3) is 0 Å². The first-order chi connectivity index (χ1) is 12.1. The quantitative estimate of drug-likeness (QED) is 0.468. The number of fused-ring (bicyclic) bond motifs is 5. The second-order valence-corrected chi connectivity index (χ2v) is 6.58. The fourth-order valence-corrected chi connectivity index (χ4v) is 4.17. The average molecular weight is 340 g/mol. The van der Waals surface area contributed by atoms with Crippen molar-refractivity contribution in [2.75, 3.05) is 13.7 Å². The van der Waals surface area contributed by atoms with Gasteiger partial charge in [0.25, 0.3) is 11.8 Å². The average Bonchev–Trinajstić information content (AvgIpc) is 3.29. The number of imide groups is 1. The standard InChI is InChI=1S/C19H20N2O4/c1-3-25-15-8-11(4-7-14(15)24-2)10-20-21-18(22)16-12-5-6-13(9-12)17(16)19(21)23/h4-8,10,12-13,16-17H,3,9H2,1-2H3. The van der Waals surface area contributed by atoms with E-state index in [-0.39, 0.29) is 35.5 Å². The number of amides is 2. The molecule has 2 fully saturated rings. The lowest BCUT2D eigenvalue weighted by Crippen LogP contribution is -2.28. The molecule has 2 aliphatic carbocycles. The van der Waals surface area contributed by atoms with E-state index in [2.05, 4.69) is 17.3 Å². The Kier molecular flexibility index (Phi) is 3.82. The summed E-state index contributed by atoms with van der Waals surface area (Å²) in [6, 6.07) is 5.36. The van der Waals surface area contributed by atoms with Crippen LogP contribution >= 0.6 is 0 Å². The van der Waals surface area contributed by atoms with Gasteiger partial charge >= 0.3 is 0 Å². The first-order valence-electron chi connectivity index (χ1n) is 8.55. The summed E-state index contributed by atoms with van der Waals surface area (Å²) in [6.45, 7) is 2.40. The highest BCUT2D eigenvalue weighted by Crippen LogP contribution is 2.52. The molecular weight excluding hydrogens is 320 g/mol. The zero-order valence-corrected chi connectivity index (χ0v) is 14.2. The van der Waals surface area contributed by atoms with E-state index in [0.717, 1.165) is 17.0 Å². The summed E-state index contributed by atoms with van der Waals surface area (Å²) in [4.78, 5) is 25.2. The third kappa shape index (κ3) is 2.44. The van der Waals surface area contributed by atoms with Crippen LogP contribution in [0.15, 0.2) is 35.5 Å². The summed E-state index contributed by atoms with van der Waals surface area (Å²) >= 11 is 0. The van der Waals surface area contributed by atoms with E-state index in [1.54, 1.807) is 19.2 Å². The Hall–Kier alpha value is -2.63. The molecule has 0 spiro atoms. The van der Waals surface area contributed by atoms with E-state index in [4.69, 9.17) is 9.47 Å². The lowest BCUT2D eigenvalue weighted by atomic mass is 9.85. The monoisotopic (exact) mass is 340 g/mol. The Labute approximate surface area is 146 Å². The van der Waals surface area contributed by atoms with Gasteiger partial charge in [0.15, 0.2) is 11.5 Å². The Morgan fingerprint density at radius 2 is 1.84 bits per heavy atom. The second kappa shape index (κ2) is 6.02. The number of benzene rings is 1. The summed E-state index contributed by atoms with van der Waals surface area (Å²) in [6.07, 6.45) is 6.58. The molecule has 130 valence electrons. The SMILES string of the molecule is CCOc1cc(C=NN2C(=O)C3C4C=CC(C4)C3C2=O)ccc1OC. The molecule has 0 radical (unpaired) electrons. The fraction of sp³-hybridized carbons (Fsp3) is 0.421. The van der Waals surface area contributed by atoms with Gasteiger partial charge < -0.3 is 9.47 Å². The number of hydrogen-bond donors (Lipinski definition) is 0. The smallest absolute Gasteiger partial charge is 0.254 e. The number of methoxy groups -OCH3 is 1. The molecule has 1 saturated carbocycles. The first kappa shape index (κ1) is 15.9. The zero-order chi connectivity index (χ0) is 17.6. The van der Waals surface area contributed by atoms with Gasteiger partial charge in [-0.1, -0.05) is 12.2 Å². The van der Waals surface area contributed by atoms with Gasteiger partial charge in [-0.15, -0.1) is 0 Å². The molecule has 1 aliphatic heterocycles. The van der Waals surface area contributed by atoms with Gasteiger partial charge in [0.05, 0.1) is 31.8 Å². The van der Waals surface area contributed by atoms with Crippen molar-refractivity contribution in [3.05, 3.63) is 35.9 Å². The summed E-state index contributed by atoms with van der Waals surface area (Å²) < 4.78 is 10.8. The number of carbonyl (C=O) groups is 2. The lowest BCUT2D eigenvalue weighted by molar-refractivity contribution is -0.140. The molecule has 6 heteroatoms. The van der Waals surface area contributed by atoms with Crippen molar-refractivity contribution in [1.82, 2.24) is 5.01 Å². The van der Waals surface area contributed by atoms with Gasteiger partial charge in [-0.25, -0.2) is 0 Å². The van der Waals surface area contributed by atoms with Gasteiger partial charge in [-0.05, 0) is 48.9 Å². The minimum absolute atomic E-state index is 0.179. The number of hydrazone groups is 1. The number of nitrogens with zero attached hydrogens (tertiary/aromatic N) is 2. The number of hydrogen-bond acceptors (Lipinski definition) is 5. The van der Waals surface area contributed by atoms with Crippen LogP contribution in [0.5, 0.6) is 11.5 Å². The molecule has 0 aromatic heterocycles. The Morgan fingerprint density at radius 1 is 1.16 bits per heavy atom. The minimum Gasteiger partial charge on any atom is -0.493 e. The Balaban J connectivity index is 1.56. The van der Waals surface area contributed by atoms with Crippen molar-refractivity contribution in [2.45, 2.75) is 13.3 Å². The van der Waals surface area contributed by atoms with Crippen LogP contribution in [0.4, 0.5) is 0 Å². The van der Waals surface area contributed by atoms with Crippen molar-refractivity contribution >= 4 is 18.0 Å². The molecule has 2 bridgehead atoms. The molecule has 4 atom stereocenters. The van der Waals surface area contributed by atoms with Crippen LogP contribution in [-0.4, -0.2) is 36.8 Å². The van der Waals surface area contributed by atoms with E-state index in [1.165, 1.54) is 6.21 Å². The van der Waals surface area contributed by atoms with Crippen LogP contribution in [0.3, 0.4) is 0 Å². The van der Waals surface area contributed by atoms with Crippen LogP contribution in [-0.2, 0) is 9.59 Å². The maximum atomic E-state index is 12.6. The minimum atomic E-state index is -0.227. The van der Waals surface area contributed by atoms with E-state index in [9.17, 15) is 9.59 Å². The summed E-state index contributed by atoms with van der Waals surface area (Å²) in [7, 11) is 1.58. The molecule has 4 unspecified atom stereocenters. The summed E-state index contributed by atoms with van der Waals surface area (Å²) in [5.41, 5.74) is 0.739. The molecule has 0 N–H and O–H groups in total. The maximum absolute atomic E-state index is 12.6. The van der Waals surface area contributed by atoms with Crippen molar-refractivity contribution < 1.29 is 19.1 Å². The van der Waals surface area contributed by atoms with Crippen LogP contribution in [0, 0.1) is 23.7 Å². The predicted molar refractivity (Wildman–Crippen MR) is 91.3 cm³/mol. The van der Waals surface area contributed by atoms with Crippen molar-refractivity contribution in [3.8, 4) is 11.5 Å².